The standard InChI is InChI=1S/C27H26ClN3O3S/c1-4-33-21-7-5-6-20-23-22(25(32)29-18-12-10-17(28)11-13-18)27(3,34-24(20)21)31(26(35)30-23)19-14-8-16(2)9-15-19/h5-15,22-23H,4H2,1-3H3,(H,29,32)(H,30,35)/t22-,23-,27-/m0/s1. The highest BCUT2D eigenvalue weighted by atomic mass is 35.5. The topological polar surface area (TPSA) is 62.8 Å². The first-order valence-corrected chi connectivity index (χ1v) is 12.3. The van der Waals surface area contributed by atoms with Gasteiger partial charge in [-0.1, -0.05) is 41.4 Å². The lowest BCUT2D eigenvalue weighted by atomic mass is 9.78. The molecule has 1 amide bonds. The van der Waals surface area contributed by atoms with Crippen molar-refractivity contribution in [3.63, 3.8) is 0 Å². The highest BCUT2D eigenvalue weighted by Gasteiger charge is 2.59. The summed E-state index contributed by atoms with van der Waals surface area (Å²) in [5, 5.41) is 7.56. The molecule has 3 aromatic carbocycles. The summed E-state index contributed by atoms with van der Waals surface area (Å²) < 4.78 is 12.6. The molecule has 1 fully saturated rings. The van der Waals surface area contributed by atoms with Crippen molar-refractivity contribution in [3.05, 3.63) is 82.9 Å². The summed E-state index contributed by atoms with van der Waals surface area (Å²) in [5.41, 5.74) is 2.31. The van der Waals surface area contributed by atoms with E-state index in [1.165, 1.54) is 0 Å². The largest absolute Gasteiger partial charge is 0.490 e. The third-order valence-corrected chi connectivity index (χ3v) is 7.03. The maximum absolute atomic E-state index is 13.9. The number of hydrogen-bond donors (Lipinski definition) is 2. The summed E-state index contributed by atoms with van der Waals surface area (Å²) >= 11 is 11.9. The fourth-order valence-electron chi connectivity index (χ4n) is 4.88. The third-order valence-electron chi connectivity index (χ3n) is 6.48. The molecule has 2 heterocycles. The normalized spacial score (nSPS) is 22.5. The Kier molecular flexibility index (Phi) is 6.07. The summed E-state index contributed by atoms with van der Waals surface area (Å²) in [6.45, 7) is 6.36. The number of anilines is 2. The number of amides is 1. The van der Waals surface area contributed by atoms with Gasteiger partial charge >= 0.3 is 0 Å². The van der Waals surface area contributed by atoms with Gasteiger partial charge < -0.3 is 20.1 Å². The summed E-state index contributed by atoms with van der Waals surface area (Å²) in [6, 6.07) is 20.3. The molecule has 5 rings (SSSR count). The van der Waals surface area contributed by atoms with Crippen LogP contribution in [0.2, 0.25) is 5.02 Å². The Balaban J connectivity index is 1.63. The van der Waals surface area contributed by atoms with E-state index < -0.39 is 17.7 Å². The molecule has 0 aliphatic carbocycles. The first-order chi connectivity index (χ1) is 16.8. The Morgan fingerprint density at radius 1 is 1.17 bits per heavy atom. The number of fused-ring (bicyclic) bond motifs is 4. The summed E-state index contributed by atoms with van der Waals surface area (Å²) in [6.07, 6.45) is 0. The molecule has 35 heavy (non-hydrogen) atoms. The molecular formula is C27H26ClN3O3S. The smallest absolute Gasteiger partial charge is 0.236 e. The molecule has 2 aliphatic rings. The van der Waals surface area contributed by atoms with E-state index >= 15 is 0 Å². The average Bonchev–Trinajstić information content (AvgIpc) is 2.82. The Morgan fingerprint density at radius 2 is 1.89 bits per heavy atom. The van der Waals surface area contributed by atoms with Crippen molar-refractivity contribution < 1.29 is 14.3 Å². The molecule has 3 aromatic rings. The second kappa shape index (κ2) is 9.06. The van der Waals surface area contributed by atoms with Crippen molar-refractivity contribution in [2.45, 2.75) is 32.5 Å². The lowest BCUT2D eigenvalue weighted by molar-refractivity contribution is -0.130. The number of halogens is 1. The Morgan fingerprint density at radius 3 is 2.57 bits per heavy atom. The maximum atomic E-state index is 13.9. The zero-order valence-corrected chi connectivity index (χ0v) is 21.2. The SMILES string of the molecule is CCOc1cccc2c1O[C@@]1(C)[C@H](C(=O)Nc3ccc(Cl)cc3)[C@H]2NC(=S)N1c1ccc(C)cc1. The van der Waals surface area contributed by atoms with Gasteiger partial charge in [0.25, 0.3) is 0 Å². The van der Waals surface area contributed by atoms with E-state index in [-0.39, 0.29) is 5.91 Å². The van der Waals surface area contributed by atoms with Gasteiger partial charge in [-0.05, 0) is 75.5 Å². The monoisotopic (exact) mass is 507 g/mol. The molecule has 0 aromatic heterocycles. The number of aryl methyl sites for hydroxylation is 1. The second-order valence-corrected chi connectivity index (χ2v) is 9.66. The van der Waals surface area contributed by atoms with Crippen molar-refractivity contribution in [3.8, 4) is 11.5 Å². The number of benzene rings is 3. The molecule has 2 bridgehead atoms. The van der Waals surface area contributed by atoms with Crippen LogP contribution in [0.5, 0.6) is 11.5 Å². The molecule has 2 N–H and O–H groups in total. The summed E-state index contributed by atoms with van der Waals surface area (Å²) in [5.74, 6) is 0.413. The minimum absolute atomic E-state index is 0.195. The number of ether oxygens (including phenoxy) is 2. The number of rotatable bonds is 5. The Labute approximate surface area is 215 Å². The van der Waals surface area contributed by atoms with Gasteiger partial charge in [0.15, 0.2) is 22.3 Å². The van der Waals surface area contributed by atoms with Crippen LogP contribution < -0.4 is 25.0 Å². The lowest BCUT2D eigenvalue weighted by Gasteiger charge is -2.56. The van der Waals surface area contributed by atoms with E-state index in [2.05, 4.69) is 10.6 Å². The fraction of sp³-hybridized carbons (Fsp3) is 0.259. The van der Waals surface area contributed by atoms with Crippen molar-refractivity contribution in [1.29, 1.82) is 0 Å². The number of thiocarbonyl (C=S) groups is 1. The van der Waals surface area contributed by atoms with Crippen LogP contribution in [0.25, 0.3) is 0 Å². The van der Waals surface area contributed by atoms with Crippen LogP contribution in [-0.4, -0.2) is 23.4 Å². The van der Waals surface area contributed by atoms with E-state index in [0.29, 0.717) is 33.9 Å². The molecular weight excluding hydrogens is 482 g/mol. The minimum Gasteiger partial charge on any atom is -0.490 e. The molecule has 0 unspecified atom stereocenters. The first-order valence-electron chi connectivity index (χ1n) is 11.5. The van der Waals surface area contributed by atoms with E-state index in [0.717, 1.165) is 16.8 Å². The molecule has 6 nitrogen and oxygen atoms in total. The molecule has 180 valence electrons. The predicted octanol–water partition coefficient (Wildman–Crippen LogP) is 5.85. The van der Waals surface area contributed by atoms with E-state index in [1.807, 2.05) is 68.1 Å². The van der Waals surface area contributed by atoms with Crippen molar-refractivity contribution in [2.75, 3.05) is 16.8 Å². The molecule has 0 radical (unpaired) electrons. The quantitative estimate of drug-likeness (QED) is 0.423. The van der Waals surface area contributed by atoms with Crippen molar-refractivity contribution in [1.82, 2.24) is 5.32 Å². The number of carbonyl (C=O) groups excluding carboxylic acids is 1. The summed E-state index contributed by atoms with van der Waals surface area (Å²) in [4.78, 5) is 15.7. The molecule has 1 saturated heterocycles. The lowest BCUT2D eigenvalue weighted by Crippen LogP contribution is -2.72. The second-order valence-electron chi connectivity index (χ2n) is 8.84. The molecule has 0 saturated carbocycles. The zero-order valence-electron chi connectivity index (χ0n) is 19.7. The van der Waals surface area contributed by atoms with Gasteiger partial charge in [0.1, 0.15) is 5.92 Å². The molecule has 2 aliphatic heterocycles. The van der Waals surface area contributed by atoms with E-state index in [4.69, 9.17) is 33.3 Å². The maximum Gasteiger partial charge on any atom is 0.236 e. The van der Waals surface area contributed by atoms with Gasteiger partial charge in [-0.15, -0.1) is 0 Å². The van der Waals surface area contributed by atoms with Crippen molar-refractivity contribution >= 4 is 46.2 Å². The van der Waals surface area contributed by atoms with Crippen LogP contribution in [0, 0.1) is 12.8 Å². The van der Waals surface area contributed by atoms with E-state index in [9.17, 15) is 4.79 Å². The fourth-order valence-corrected chi connectivity index (χ4v) is 5.41. The minimum atomic E-state index is -1.13. The van der Waals surface area contributed by atoms with Gasteiger partial charge in [0.2, 0.25) is 5.91 Å². The number of carbonyl (C=O) groups is 1. The zero-order chi connectivity index (χ0) is 24.7. The molecule has 0 spiro atoms. The van der Waals surface area contributed by atoms with Crippen LogP contribution in [0.1, 0.15) is 31.0 Å². The average molecular weight is 508 g/mol. The summed E-state index contributed by atoms with van der Waals surface area (Å²) in [7, 11) is 0. The predicted molar refractivity (Wildman–Crippen MR) is 142 cm³/mol. The number of nitrogens with one attached hydrogen (secondary N) is 2. The van der Waals surface area contributed by atoms with Crippen molar-refractivity contribution in [2.24, 2.45) is 5.92 Å². The number of nitrogens with zero attached hydrogens (tertiary/aromatic N) is 1. The van der Waals surface area contributed by atoms with E-state index in [1.54, 1.807) is 24.3 Å². The molecule has 8 heteroatoms. The van der Waals surface area contributed by atoms with Gasteiger partial charge in [0, 0.05) is 22.0 Å². The number of hydrogen-bond acceptors (Lipinski definition) is 4. The van der Waals surface area contributed by atoms with Crippen LogP contribution in [0.3, 0.4) is 0 Å². The van der Waals surface area contributed by atoms with Crippen LogP contribution in [0.4, 0.5) is 11.4 Å². The van der Waals surface area contributed by atoms with Gasteiger partial charge in [-0.2, -0.15) is 0 Å². The Bertz CT molecular complexity index is 1280. The Hall–Kier alpha value is -3.29. The third kappa shape index (κ3) is 4.09. The van der Waals surface area contributed by atoms with Crippen LogP contribution in [-0.2, 0) is 4.79 Å². The van der Waals surface area contributed by atoms with Gasteiger partial charge in [-0.25, -0.2) is 0 Å². The van der Waals surface area contributed by atoms with Gasteiger partial charge in [0.05, 0.1) is 12.6 Å². The first kappa shape index (κ1) is 23.5. The highest BCUT2D eigenvalue weighted by molar-refractivity contribution is 7.80. The van der Waals surface area contributed by atoms with Crippen LogP contribution in [0.15, 0.2) is 66.7 Å². The van der Waals surface area contributed by atoms with Gasteiger partial charge in [-0.3, -0.25) is 9.69 Å². The number of para-hydroxylation sites is 1. The van der Waals surface area contributed by atoms with Crippen LogP contribution >= 0.6 is 23.8 Å². The molecule has 3 atom stereocenters. The highest BCUT2D eigenvalue weighted by Crippen LogP contribution is 2.52.